The average Bonchev–Trinajstić information content (AvgIpc) is 1.96. The van der Waals surface area contributed by atoms with Crippen LogP contribution in [0.25, 0.3) is 0 Å². The maximum Gasteiger partial charge on any atom is 0.332 e. The number of carbonyl (C=O) groups excluding carboxylic acids is 1. The van der Waals surface area contributed by atoms with Gasteiger partial charge in [0.15, 0.2) is 0 Å². The summed E-state index contributed by atoms with van der Waals surface area (Å²) in [5, 5.41) is 8.89. The molecule has 0 aliphatic heterocycles. The molecule has 1 fully saturated rings. The van der Waals surface area contributed by atoms with Gasteiger partial charge in [-0.05, 0) is 19.8 Å². The van der Waals surface area contributed by atoms with Crippen LogP contribution in [-0.4, -0.2) is 36.5 Å². The second-order valence-electron chi connectivity index (χ2n) is 2.86. The smallest absolute Gasteiger partial charge is 0.332 e. The van der Waals surface area contributed by atoms with Crippen molar-refractivity contribution in [2.24, 2.45) is 0 Å². The molecule has 1 aliphatic rings. The van der Waals surface area contributed by atoms with Crippen LogP contribution in [0, 0.1) is 0 Å². The average molecular weight is 174 g/mol. The van der Waals surface area contributed by atoms with Crippen LogP contribution in [0.2, 0.25) is 0 Å². The molecule has 0 heterocycles. The Morgan fingerprint density at radius 1 is 1.58 bits per heavy atom. The van der Waals surface area contributed by atoms with Gasteiger partial charge in [-0.3, -0.25) is 0 Å². The van der Waals surface area contributed by atoms with Crippen molar-refractivity contribution in [3.8, 4) is 0 Å². The maximum absolute atomic E-state index is 10.8. The van der Waals surface area contributed by atoms with Gasteiger partial charge in [-0.25, -0.2) is 4.79 Å². The van der Waals surface area contributed by atoms with Gasteiger partial charge in [-0.1, -0.05) is 0 Å². The van der Waals surface area contributed by atoms with E-state index in [1.165, 1.54) is 0 Å². The van der Waals surface area contributed by atoms with Crippen LogP contribution in [0.5, 0.6) is 0 Å². The summed E-state index contributed by atoms with van der Waals surface area (Å²) in [7, 11) is 0. The summed E-state index contributed by atoms with van der Waals surface area (Å²) >= 11 is 0. The molecule has 1 saturated carbocycles. The van der Waals surface area contributed by atoms with Crippen LogP contribution in [0.15, 0.2) is 0 Å². The Bertz CT molecular complexity index is 151. The van der Waals surface area contributed by atoms with E-state index in [0.717, 1.165) is 0 Å². The molecule has 0 bridgehead atoms. The first-order valence-electron chi connectivity index (χ1n) is 4.17. The first-order chi connectivity index (χ1) is 5.72. The van der Waals surface area contributed by atoms with Gasteiger partial charge in [0.05, 0.1) is 18.8 Å². The third kappa shape index (κ3) is 2.79. The Morgan fingerprint density at radius 2 is 2.25 bits per heavy atom. The van der Waals surface area contributed by atoms with E-state index < -0.39 is 0 Å². The molecule has 0 amide bonds. The highest BCUT2D eigenvalue weighted by molar-refractivity contribution is 5.70. The van der Waals surface area contributed by atoms with Crippen molar-refractivity contribution in [2.75, 3.05) is 13.2 Å². The highest BCUT2D eigenvalue weighted by atomic mass is 16.6. The molecule has 0 aromatic carbocycles. The zero-order valence-electron chi connectivity index (χ0n) is 7.16. The molecule has 12 heavy (non-hydrogen) atoms. The second-order valence-corrected chi connectivity index (χ2v) is 2.86. The minimum Gasteiger partial charge on any atom is -0.464 e. The first-order valence-corrected chi connectivity index (χ1v) is 4.17. The van der Waals surface area contributed by atoms with Gasteiger partial charge >= 0.3 is 5.97 Å². The molecule has 70 valence electrons. The molecule has 0 unspecified atom stereocenters. The highest BCUT2D eigenvalue weighted by Gasteiger charge is 2.28. The van der Waals surface area contributed by atoms with Crippen LogP contribution in [0.4, 0.5) is 0 Å². The number of ether oxygens (including phenoxy) is 2. The Kier molecular flexibility index (Phi) is 3.49. The summed E-state index contributed by atoms with van der Waals surface area (Å²) in [6, 6.07) is 0. The predicted molar refractivity (Wildman–Crippen MR) is 41.6 cm³/mol. The fraction of sp³-hybridized carbons (Fsp3) is 0.875. The van der Waals surface area contributed by atoms with Crippen LogP contribution >= 0.6 is 0 Å². The quantitative estimate of drug-likeness (QED) is 0.614. The Balaban J connectivity index is 1.98. The zero-order valence-corrected chi connectivity index (χ0v) is 7.16. The van der Waals surface area contributed by atoms with E-state index in [9.17, 15) is 4.79 Å². The number of rotatable bonds is 4. The summed E-state index contributed by atoms with van der Waals surface area (Å²) in [4.78, 5) is 10.8. The standard InChI is InChI=1S/C8H14O4/c1-2-11-8(10)5-12-7-3-6(9)4-7/h6-7,9H,2-5H2,1H3. The van der Waals surface area contributed by atoms with E-state index >= 15 is 0 Å². The fourth-order valence-corrected chi connectivity index (χ4v) is 1.06. The zero-order chi connectivity index (χ0) is 8.97. The molecule has 0 atom stereocenters. The molecular weight excluding hydrogens is 160 g/mol. The molecule has 0 aromatic heterocycles. The summed E-state index contributed by atoms with van der Waals surface area (Å²) in [6.07, 6.45) is 1.08. The van der Waals surface area contributed by atoms with Gasteiger partial charge in [0.2, 0.25) is 0 Å². The van der Waals surface area contributed by atoms with Crippen LogP contribution in [0.3, 0.4) is 0 Å². The van der Waals surface area contributed by atoms with Crippen molar-refractivity contribution in [1.82, 2.24) is 0 Å². The van der Waals surface area contributed by atoms with E-state index in [0.29, 0.717) is 19.4 Å². The van der Waals surface area contributed by atoms with Gasteiger partial charge in [0.1, 0.15) is 6.61 Å². The lowest BCUT2D eigenvalue weighted by Crippen LogP contribution is -2.36. The summed E-state index contributed by atoms with van der Waals surface area (Å²) in [5.41, 5.74) is 0. The number of aliphatic hydroxyl groups excluding tert-OH is 1. The highest BCUT2D eigenvalue weighted by Crippen LogP contribution is 2.22. The van der Waals surface area contributed by atoms with E-state index in [1.54, 1.807) is 6.92 Å². The molecule has 0 spiro atoms. The van der Waals surface area contributed by atoms with E-state index in [4.69, 9.17) is 9.84 Å². The molecule has 1 aliphatic carbocycles. The minimum absolute atomic E-state index is 0.00519. The van der Waals surface area contributed by atoms with Gasteiger partial charge in [-0.2, -0.15) is 0 Å². The summed E-state index contributed by atoms with van der Waals surface area (Å²) < 4.78 is 9.79. The number of esters is 1. The molecule has 0 radical (unpaired) electrons. The van der Waals surface area contributed by atoms with Crippen molar-refractivity contribution in [2.45, 2.75) is 32.0 Å². The summed E-state index contributed by atoms with van der Waals surface area (Å²) in [5.74, 6) is -0.334. The lowest BCUT2D eigenvalue weighted by molar-refractivity contribution is -0.155. The van der Waals surface area contributed by atoms with Crippen molar-refractivity contribution >= 4 is 5.97 Å². The third-order valence-corrected chi connectivity index (χ3v) is 1.81. The summed E-state index contributed by atoms with van der Waals surface area (Å²) in [6.45, 7) is 2.14. The Hall–Kier alpha value is -0.610. The number of hydrogen-bond donors (Lipinski definition) is 1. The van der Waals surface area contributed by atoms with E-state index in [-0.39, 0.29) is 24.8 Å². The van der Waals surface area contributed by atoms with Crippen molar-refractivity contribution in [3.63, 3.8) is 0 Å². The van der Waals surface area contributed by atoms with Crippen molar-refractivity contribution < 1.29 is 19.4 Å². The van der Waals surface area contributed by atoms with Crippen molar-refractivity contribution in [3.05, 3.63) is 0 Å². The largest absolute Gasteiger partial charge is 0.464 e. The molecule has 0 aromatic rings. The topological polar surface area (TPSA) is 55.8 Å². The Morgan fingerprint density at radius 3 is 2.75 bits per heavy atom. The maximum atomic E-state index is 10.8. The monoisotopic (exact) mass is 174 g/mol. The molecule has 0 saturated heterocycles. The lowest BCUT2D eigenvalue weighted by Gasteiger charge is -2.30. The number of carbonyl (C=O) groups is 1. The van der Waals surface area contributed by atoms with Crippen LogP contribution in [0.1, 0.15) is 19.8 Å². The van der Waals surface area contributed by atoms with E-state index in [1.807, 2.05) is 0 Å². The van der Waals surface area contributed by atoms with Gasteiger partial charge < -0.3 is 14.6 Å². The molecule has 4 heteroatoms. The first kappa shape index (κ1) is 9.48. The molecular formula is C8H14O4. The van der Waals surface area contributed by atoms with Gasteiger partial charge in [-0.15, -0.1) is 0 Å². The SMILES string of the molecule is CCOC(=O)COC1CC(O)C1. The fourth-order valence-electron chi connectivity index (χ4n) is 1.06. The Labute approximate surface area is 71.5 Å². The molecule has 4 nitrogen and oxygen atoms in total. The van der Waals surface area contributed by atoms with Crippen LogP contribution < -0.4 is 0 Å². The lowest BCUT2D eigenvalue weighted by atomic mass is 9.92. The van der Waals surface area contributed by atoms with Crippen molar-refractivity contribution in [1.29, 1.82) is 0 Å². The minimum atomic E-state index is -0.334. The third-order valence-electron chi connectivity index (χ3n) is 1.81. The van der Waals surface area contributed by atoms with Crippen LogP contribution in [-0.2, 0) is 14.3 Å². The van der Waals surface area contributed by atoms with Gasteiger partial charge in [0, 0.05) is 0 Å². The normalized spacial score (nSPS) is 27.8. The van der Waals surface area contributed by atoms with E-state index in [2.05, 4.69) is 4.74 Å². The second kappa shape index (κ2) is 4.42. The number of aliphatic hydroxyl groups is 1. The predicted octanol–water partition coefficient (Wildman–Crippen LogP) is 0.0894. The number of hydrogen-bond acceptors (Lipinski definition) is 4. The molecule has 1 rings (SSSR count). The molecule has 1 N–H and O–H groups in total. The van der Waals surface area contributed by atoms with Gasteiger partial charge in [0.25, 0.3) is 0 Å².